The second-order valence-corrected chi connectivity index (χ2v) is 1.99. The lowest BCUT2D eigenvalue weighted by atomic mass is 10.2. The molecule has 0 aliphatic carbocycles. The van der Waals surface area contributed by atoms with E-state index < -0.39 is 0 Å². The van der Waals surface area contributed by atoms with Crippen LogP contribution in [0.1, 0.15) is 5.56 Å². The molecule has 58 valence electrons. The van der Waals surface area contributed by atoms with Crippen molar-refractivity contribution in [2.24, 2.45) is 4.99 Å². The van der Waals surface area contributed by atoms with Gasteiger partial charge in [0.15, 0.2) is 0 Å². The molecule has 0 aromatic heterocycles. The van der Waals surface area contributed by atoms with Gasteiger partial charge in [0.2, 0.25) is 6.08 Å². The van der Waals surface area contributed by atoms with Gasteiger partial charge in [-0.15, -0.1) is 0 Å². The number of rotatable bonds is 1. The highest BCUT2D eigenvalue weighted by molar-refractivity contribution is 5.52. The van der Waals surface area contributed by atoms with Gasteiger partial charge in [0, 0.05) is 0 Å². The van der Waals surface area contributed by atoms with Crippen LogP contribution in [-0.2, 0) is 4.79 Å². The Labute approximate surface area is 65.4 Å². The van der Waals surface area contributed by atoms with Crippen molar-refractivity contribution in [3.63, 3.8) is 0 Å². The van der Waals surface area contributed by atoms with E-state index in [9.17, 15) is 4.79 Å². The van der Waals surface area contributed by atoms with Crippen molar-refractivity contribution < 1.29 is 4.79 Å². The first-order valence-corrected chi connectivity index (χ1v) is 2.98. The zero-order chi connectivity index (χ0) is 7.40. The lowest BCUT2D eigenvalue weighted by molar-refractivity contribution is 0.565. The number of isocyanates is 1. The summed E-state index contributed by atoms with van der Waals surface area (Å²) < 4.78 is 0. The summed E-state index contributed by atoms with van der Waals surface area (Å²) in [4.78, 5) is 13.3. The summed E-state index contributed by atoms with van der Waals surface area (Å²) in [5, 5.41) is 0. The van der Waals surface area contributed by atoms with Gasteiger partial charge in [0.1, 0.15) is 0 Å². The molecular weight excluding hydrogens is 140 g/mol. The first-order valence-electron chi connectivity index (χ1n) is 2.98. The van der Waals surface area contributed by atoms with Crippen molar-refractivity contribution in [1.29, 1.82) is 0 Å². The van der Waals surface area contributed by atoms with Gasteiger partial charge in [-0.2, -0.15) is 4.99 Å². The van der Waals surface area contributed by atoms with Gasteiger partial charge in [-0.3, -0.25) is 0 Å². The first kappa shape index (κ1) is 9.56. The zero-order valence-corrected chi connectivity index (χ0v) is 6.37. The maximum Gasteiger partial charge on any atom is 0.240 e. The maximum absolute atomic E-state index is 9.83. The largest absolute Gasteiger partial charge is 0.344 e. The highest BCUT2D eigenvalue weighted by atomic mass is 16.1. The van der Waals surface area contributed by atoms with Gasteiger partial charge < -0.3 is 6.15 Å². The molecule has 0 fully saturated rings. The molecule has 0 spiro atoms. The average Bonchev–Trinajstić information content (AvgIpc) is 1.94. The van der Waals surface area contributed by atoms with E-state index in [2.05, 4.69) is 4.99 Å². The number of nitrogens with zero attached hydrogens (tertiary/aromatic N) is 1. The molecule has 0 heterocycles. The van der Waals surface area contributed by atoms with Gasteiger partial charge in [-0.1, -0.05) is 18.2 Å². The number of aryl methyl sites for hydroxylation is 1. The van der Waals surface area contributed by atoms with E-state index in [1.807, 2.05) is 25.1 Å². The fourth-order valence-corrected chi connectivity index (χ4v) is 0.738. The smallest absolute Gasteiger partial charge is 0.240 e. The van der Waals surface area contributed by atoms with Crippen LogP contribution in [0.2, 0.25) is 0 Å². The van der Waals surface area contributed by atoms with Gasteiger partial charge >= 0.3 is 0 Å². The Morgan fingerprint density at radius 1 is 1.36 bits per heavy atom. The number of hydrogen-bond acceptors (Lipinski definition) is 3. The Bertz CT molecular complexity index is 277. The van der Waals surface area contributed by atoms with Crippen molar-refractivity contribution in [2.75, 3.05) is 0 Å². The summed E-state index contributed by atoms with van der Waals surface area (Å²) in [7, 11) is 0. The predicted octanol–water partition coefficient (Wildman–Crippen LogP) is 2.12. The number of para-hydroxylation sites is 1. The Kier molecular flexibility index (Phi) is 3.81. The number of benzene rings is 1. The maximum atomic E-state index is 9.83. The minimum atomic E-state index is 0. The Balaban J connectivity index is 0.000001000. The third-order valence-electron chi connectivity index (χ3n) is 1.28. The van der Waals surface area contributed by atoms with Crippen LogP contribution in [0.3, 0.4) is 0 Å². The summed E-state index contributed by atoms with van der Waals surface area (Å²) >= 11 is 0. The van der Waals surface area contributed by atoms with Gasteiger partial charge in [-0.05, 0) is 18.6 Å². The van der Waals surface area contributed by atoms with Crippen molar-refractivity contribution in [1.82, 2.24) is 6.15 Å². The van der Waals surface area contributed by atoms with Crippen LogP contribution in [0.4, 0.5) is 5.69 Å². The Hall–Kier alpha value is -1.44. The van der Waals surface area contributed by atoms with Crippen molar-refractivity contribution in [3.8, 4) is 0 Å². The molecule has 0 saturated carbocycles. The van der Waals surface area contributed by atoms with E-state index in [-0.39, 0.29) is 6.15 Å². The molecular formula is C8H10N2O. The molecule has 1 aromatic rings. The molecule has 0 aliphatic heterocycles. The van der Waals surface area contributed by atoms with E-state index >= 15 is 0 Å². The van der Waals surface area contributed by atoms with Crippen LogP contribution in [0, 0.1) is 6.92 Å². The van der Waals surface area contributed by atoms with E-state index in [4.69, 9.17) is 0 Å². The second kappa shape index (κ2) is 4.39. The SMILES string of the molecule is Cc1ccccc1N=C=O.N. The summed E-state index contributed by atoms with van der Waals surface area (Å²) in [5.74, 6) is 0. The molecule has 3 N–H and O–H groups in total. The molecule has 0 amide bonds. The van der Waals surface area contributed by atoms with Gasteiger partial charge in [-0.25, -0.2) is 4.79 Å². The molecule has 0 bridgehead atoms. The zero-order valence-electron chi connectivity index (χ0n) is 6.37. The van der Waals surface area contributed by atoms with Crippen LogP contribution >= 0.6 is 0 Å². The monoisotopic (exact) mass is 150 g/mol. The van der Waals surface area contributed by atoms with Crippen LogP contribution < -0.4 is 6.15 Å². The topological polar surface area (TPSA) is 64.4 Å². The standard InChI is InChI=1S/C8H7NO.H3N/c1-7-4-2-3-5-8(7)9-6-10;/h2-5H,1H3;1H3. The fraction of sp³-hybridized carbons (Fsp3) is 0.125. The quantitative estimate of drug-likeness (QED) is 0.492. The minimum absolute atomic E-state index is 0. The highest BCUT2D eigenvalue weighted by Gasteiger charge is 1.90. The second-order valence-electron chi connectivity index (χ2n) is 1.99. The summed E-state index contributed by atoms with van der Waals surface area (Å²) in [5.41, 5.74) is 1.68. The van der Waals surface area contributed by atoms with Crippen LogP contribution in [0.15, 0.2) is 29.3 Å². The van der Waals surface area contributed by atoms with Crippen molar-refractivity contribution >= 4 is 11.8 Å². The molecule has 0 aliphatic rings. The number of hydrogen-bond donors (Lipinski definition) is 1. The lowest BCUT2D eigenvalue weighted by Gasteiger charge is -1.92. The Morgan fingerprint density at radius 3 is 2.55 bits per heavy atom. The average molecular weight is 150 g/mol. The van der Waals surface area contributed by atoms with E-state index in [0.29, 0.717) is 5.69 Å². The number of carbonyl (C=O) groups excluding carboxylic acids is 1. The van der Waals surface area contributed by atoms with E-state index in [1.165, 1.54) is 6.08 Å². The third-order valence-corrected chi connectivity index (χ3v) is 1.28. The summed E-state index contributed by atoms with van der Waals surface area (Å²) in [6.07, 6.45) is 1.50. The molecule has 1 aromatic carbocycles. The van der Waals surface area contributed by atoms with E-state index in [1.54, 1.807) is 6.07 Å². The molecule has 3 nitrogen and oxygen atoms in total. The summed E-state index contributed by atoms with van der Waals surface area (Å²) in [6.45, 7) is 1.90. The molecule has 1 rings (SSSR count). The molecule has 3 heteroatoms. The molecule has 11 heavy (non-hydrogen) atoms. The summed E-state index contributed by atoms with van der Waals surface area (Å²) in [6, 6.07) is 7.42. The van der Waals surface area contributed by atoms with Crippen molar-refractivity contribution in [3.05, 3.63) is 29.8 Å². The van der Waals surface area contributed by atoms with E-state index in [0.717, 1.165) is 5.56 Å². The highest BCUT2D eigenvalue weighted by Crippen LogP contribution is 2.15. The van der Waals surface area contributed by atoms with Crippen LogP contribution in [0.5, 0.6) is 0 Å². The molecule has 0 saturated heterocycles. The van der Waals surface area contributed by atoms with Crippen LogP contribution in [-0.4, -0.2) is 6.08 Å². The molecule has 0 unspecified atom stereocenters. The van der Waals surface area contributed by atoms with Gasteiger partial charge in [0.25, 0.3) is 0 Å². The molecule has 0 atom stereocenters. The number of aliphatic imine (C=N–C) groups is 1. The lowest BCUT2D eigenvalue weighted by Crippen LogP contribution is -1.70. The fourth-order valence-electron chi connectivity index (χ4n) is 0.738. The normalized spacial score (nSPS) is 7.73. The van der Waals surface area contributed by atoms with Crippen molar-refractivity contribution in [2.45, 2.75) is 6.92 Å². The van der Waals surface area contributed by atoms with Crippen LogP contribution in [0.25, 0.3) is 0 Å². The third kappa shape index (κ3) is 2.34. The molecule has 0 radical (unpaired) electrons. The first-order chi connectivity index (χ1) is 4.84. The predicted molar refractivity (Wildman–Crippen MR) is 44.0 cm³/mol. The van der Waals surface area contributed by atoms with Gasteiger partial charge in [0.05, 0.1) is 5.69 Å². The minimum Gasteiger partial charge on any atom is -0.344 e. The Morgan fingerprint density at radius 2 is 2.00 bits per heavy atom.